The fraction of sp³-hybridized carbons (Fsp3) is 0.286. The monoisotopic (exact) mass is 442 g/mol. The lowest BCUT2D eigenvalue weighted by molar-refractivity contribution is -0.0679. The summed E-state index contributed by atoms with van der Waals surface area (Å²) in [5, 5.41) is 11.0. The van der Waals surface area contributed by atoms with Crippen molar-refractivity contribution in [1.29, 1.82) is 0 Å². The number of benzene rings is 2. The molecule has 0 unspecified atom stereocenters. The zero-order chi connectivity index (χ0) is 22.6. The molecule has 2 aromatic heterocycles. The van der Waals surface area contributed by atoms with Crippen LogP contribution >= 0.6 is 0 Å². The second kappa shape index (κ2) is 7.70. The standard InChI is InChI=1S/C28H24F2N2O/c29-27(30)26-23-14-22(18-4-2-1-3-5-18)25(32-24(23)12-13-31-26)19-8-6-17(7-9-19)20-15-28(33,16-20)21-10-11-21/h1-9,12-14,20-21,27,33H,10-11,15-16H2. The van der Waals surface area contributed by atoms with E-state index in [2.05, 4.69) is 29.2 Å². The summed E-state index contributed by atoms with van der Waals surface area (Å²) in [5.41, 5.74) is 4.46. The van der Waals surface area contributed by atoms with Gasteiger partial charge in [0.15, 0.2) is 0 Å². The molecule has 4 aromatic rings. The van der Waals surface area contributed by atoms with Crippen LogP contribution in [0.5, 0.6) is 0 Å². The van der Waals surface area contributed by atoms with Crippen molar-refractivity contribution >= 4 is 10.9 Å². The second-order valence-electron chi connectivity index (χ2n) is 9.42. The Morgan fingerprint density at radius 3 is 2.30 bits per heavy atom. The second-order valence-corrected chi connectivity index (χ2v) is 9.42. The molecule has 0 spiro atoms. The van der Waals surface area contributed by atoms with Crippen LogP contribution in [0.2, 0.25) is 0 Å². The van der Waals surface area contributed by atoms with E-state index >= 15 is 0 Å². The van der Waals surface area contributed by atoms with Crippen molar-refractivity contribution in [3.8, 4) is 22.4 Å². The van der Waals surface area contributed by atoms with Gasteiger partial charge in [-0.05, 0) is 60.8 Å². The first-order valence-electron chi connectivity index (χ1n) is 11.5. The zero-order valence-corrected chi connectivity index (χ0v) is 18.1. The van der Waals surface area contributed by atoms with Gasteiger partial charge in [0.25, 0.3) is 6.43 Å². The fourth-order valence-electron chi connectivity index (χ4n) is 5.25. The molecule has 0 atom stereocenters. The van der Waals surface area contributed by atoms with Gasteiger partial charge < -0.3 is 5.11 Å². The maximum atomic E-state index is 13.6. The quantitative estimate of drug-likeness (QED) is 0.365. The summed E-state index contributed by atoms with van der Waals surface area (Å²) in [7, 11) is 0. The number of aliphatic hydroxyl groups is 1. The van der Waals surface area contributed by atoms with Crippen LogP contribution in [0.1, 0.15) is 49.3 Å². The van der Waals surface area contributed by atoms with Gasteiger partial charge in [0.2, 0.25) is 0 Å². The third-order valence-electron chi connectivity index (χ3n) is 7.26. The molecule has 0 saturated heterocycles. The van der Waals surface area contributed by atoms with Gasteiger partial charge in [-0.15, -0.1) is 0 Å². The maximum absolute atomic E-state index is 13.6. The third kappa shape index (κ3) is 3.61. The number of pyridine rings is 2. The molecule has 2 aliphatic carbocycles. The molecule has 0 bridgehead atoms. The summed E-state index contributed by atoms with van der Waals surface area (Å²) in [6, 6.07) is 21.5. The predicted molar refractivity (Wildman–Crippen MR) is 125 cm³/mol. The first kappa shape index (κ1) is 20.4. The van der Waals surface area contributed by atoms with Crippen molar-refractivity contribution < 1.29 is 13.9 Å². The SMILES string of the molecule is OC1(C2CC2)CC(c2ccc(-c3nc4ccnc(C(F)F)c4cc3-c3ccccc3)cc2)C1. The van der Waals surface area contributed by atoms with Gasteiger partial charge in [-0.2, -0.15) is 0 Å². The van der Waals surface area contributed by atoms with Crippen molar-refractivity contribution in [3.63, 3.8) is 0 Å². The number of rotatable bonds is 5. The van der Waals surface area contributed by atoms with Crippen LogP contribution in [0.15, 0.2) is 72.9 Å². The maximum Gasteiger partial charge on any atom is 0.281 e. The first-order chi connectivity index (χ1) is 16.0. The fourth-order valence-corrected chi connectivity index (χ4v) is 5.25. The lowest BCUT2D eigenvalue weighted by Crippen LogP contribution is -2.44. The van der Waals surface area contributed by atoms with Crippen LogP contribution in [0.3, 0.4) is 0 Å². The highest BCUT2D eigenvalue weighted by Crippen LogP contribution is 2.56. The minimum absolute atomic E-state index is 0.243. The van der Waals surface area contributed by atoms with E-state index in [-0.39, 0.29) is 5.69 Å². The molecule has 6 rings (SSSR count). The van der Waals surface area contributed by atoms with Crippen LogP contribution in [-0.4, -0.2) is 20.7 Å². The van der Waals surface area contributed by atoms with Crippen LogP contribution in [0.4, 0.5) is 8.78 Å². The number of halogens is 2. The number of hydrogen-bond acceptors (Lipinski definition) is 3. The molecule has 5 heteroatoms. The Balaban J connectivity index is 1.41. The molecule has 0 radical (unpaired) electrons. The minimum Gasteiger partial charge on any atom is -0.390 e. The summed E-state index contributed by atoms with van der Waals surface area (Å²) >= 11 is 0. The summed E-state index contributed by atoms with van der Waals surface area (Å²) in [6.45, 7) is 0. The Labute approximate surface area is 191 Å². The third-order valence-corrected chi connectivity index (χ3v) is 7.26. The van der Waals surface area contributed by atoms with Crippen molar-refractivity contribution in [2.24, 2.45) is 5.92 Å². The summed E-state index contributed by atoms with van der Waals surface area (Å²) < 4.78 is 27.2. The molecular formula is C28H24F2N2O. The smallest absolute Gasteiger partial charge is 0.281 e. The molecule has 2 fully saturated rings. The zero-order valence-electron chi connectivity index (χ0n) is 18.1. The van der Waals surface area contributed by atoms with Gasteiger partial charge in [-0.3, -0.25) is 4.98 Å². The van der Waals surface area contributed by atoms with Gasteiger partial charge in [-0.1, -0.05) is 54.6 Å². The van der Waals surface area contributed by atoms with Crippen LogP contribution < -0.4 is 0 Å². The van der Waals surface area contributed by atoms with Gasteiger partial charge in [-0.25, -0.2) is 13.8 Å². The lowest BCUT2D eigenvalue weighted by atomic mass is 9.65. The summed E-state index contributed by atoms with van der Waals surface area (Å²) in [5.74, 6) is 0.887. The van der Waals surface area contributed by atoms with E-state index < -0.39 is 12.0 Å². The highest BCUT2D eigenvalue weighted by molar-refractivity contribution is 5.92. The Bertz CT molecular complexity index is 1310. The lowest BCUT2D eigenvalue weighted by Gasteiger charge is -2.44. The van der Waals surface area contributed by atoms with E-state index in [1.165, 1.54) is 11.8 Å². The average molecular weight is 443 g/mol. The van der Waals surface area contributed by atoms with E-state index in [1.807, 2.05) is 30.3 Å². The van der Waals surface area contributed by atoms with E-state index in [9.17, 15) is 13.9 Å². The molecule has 2 saturated carbocycles. The Morgan fingerprint density at radius 1 is 0.909 bits per heavy atom. The van der Waals surface area contributed by atoms with E-state index in [0.29, 0.717) is 22.7 Å². The molecule has 0 amide bonds. The Morgan fingerprint density at radius 2 is 1.64 bits per heavy atom. The molecule has 33 heavy (non-hydrogen) atoms. The molecular weight excluding hydrogens is 418 g/mol. The number of alkyl halides is 2. The molecule has 2 aliphatic rings. The van der Waals surface area contributed by atoms with Crippen molar-refractivity contribution in [2.75, 3.05) is 0 Å². The molecule has 0 aliphatic heterocycles. The number of hydrogen-bond donors (Lipinski definition) is 1. The molecule has 166 valence electrons. The van der Waals surface area contributed by atoms with Crippen LogP contribution in [-0.2, 0) is 0 Å². The van der Waals surface area contributed by atoms with E-state index in [4.69, 9.17) is 4.98 Å². The molecule has 1 N–H and O–H groups in total. The van der Waals surface area contributed by atoms with Crippen molar-refractivity contribution in [3.05, 3.63) is 84.2 Å². The minimum atomic E-state index is -2.67. The summed E-state index contributed by atoms with van der Waals surface area (Å²) in [4.78, 5) is 8.72. The Kier molecular flexibility index (Phi) is 4.77. The number of nitrogens with zero attached hydrogens (tertiary/aromatic N) is 2. The number of aromatic nitrogens is 2. The highest BCUT2D eigenvalue weighted by Gasteiger charge is 2.52. The van der Waals surface area contributed by atoms with Crippen LogP contribution in [0, 0.1) is 5.92 Å². The molecule has 2 heterocycles. The highest BCUT2D eigenvalue weighted by atomic mass is 19.3. The van der Waals surface area contributed by atoms with Crippen molar-refractivity contribution in [1.82, 2.24) is 9.97 Å². The normalized spacial score (nSPS) is 22.5. The van der Waals surface area contributed by atoms with Gasteiger partial charge in [0, 0.05) is 22.7 Å². The van der Waals surface area contributed by atoms with Gasteiger partial charge in [0.05, 0.1) is 16.8 Å². The number of fused-ring (bicyclic) bond motifs is 1. The van der Waals surface area contributed by atoms with E-state index in [1.54, 1.807) is 12.1 Å². The van der Waals surface area contributed by atoms with Crippen molar-refractivity contribution in [2.45, 2.75) is 43.6 Å². The average Bonchev–Trinajstić information content (AvgIpc) is 3.67. The molecule has 2 aromatic carbocycles. The topological polar surface area (TPSA) is 46.0 Å². The van der Waals surface area contributed by atoms with Crippen LogP contribution in [0.25, 0.3) is 33.3 Å². The molecule has 3 nitrogen and oxygen atoms in total. The first-order valence-corrected chi connectivity index (χ1v) is 11.5. The van der Waals surface area contributed by atoms with E-state index in [0.717, 1.165) is 48.1 Å². The van der Waals surface area contributed by atoms with Gasteiger partial charge in [0.1, 0.15) is 5.69 Å². The largest absolute Gasteiger partial charge is 0.390 e. The summed E-state index contributed by atoms with van der Waals surface area (Å²) in [6.07, 6.45) is 2.71. The Hall–Kier alpha value is -3.18. The van der Waals surface area contributed by atoms with Gasteiger partial charge >= 0.3 is 0 Å². The predicted octanol–water partition coefficient (Wildman–Crippen LogP) is 6.92.